The smallest absolute Gasteiger partial charge is 0.0273 e. The fraction of sp³-hybridized carbons (Fsp3) is 0.286. The van der Waals surface area contributed by atoms with E-state index in [9.17, 15) is 0 Å². The summed E-state index contributed by atoms with van der Waals surface area (Å²) in [6.45, 7) is 7.20. The van der Waals surface area contributed by atoms with Crippen LogP contribution < -0.4 is 5.73 Å². The van der Waals surface area contributed by atoms with E-state index in [0.717, 1.165) is 5.57 Å². The van der Waals surface area contributed by atoms with Crippen LogP contribution in [0.4, 0.5) is 0 Å². The van der Waals surface area contributed by atoms with Crippen LogP contribution in [0.25, 0.3) is 0 Å². The van der Waals surface area contributed by atoms with Crippen LogP contribution in [-0.4, -0.2) is 13.3 Å². The fourth-order valence-electron chi connectivity index (χ4n) is 0.333. The van der Waals surface area contributed by atoms with Crippen molar-refractivity contribution in [3.63, 3.8) is 0 Å². The predicted octanol–water partition coefficient (Wildman–Crippen LogP) is 1.11. The van der Waals surface area contributed by atoms with Crippen LogP contribution >= 0.6 is 0 Å². The molecule has 0 aliphatic heterocycles. The molecule has 0 amide bonds. The van der Waals surface area contributed by atoms with Crippen molar-refractivity contribution in [1.29, 1.82) is 0 Å². The van der Waals surface area contributed by atoms with Crippen molar-refractivity contribution >= 4 is 6.21 Å². The van der Waals surface area contributed by atoms with Gasteiger partial charge in [0.25, 0.3) is 0 Å². The van der Waals surface area contributed by atoms with E-state index in [4.69, 9.17) is 5.73 Å². The molecule has 0 fully saturated rings. The first-order valence-electron chi connectivity index (χ1n) is 2.71. The van der Waals surface area contributed by atoms with Crippen molar-refractivity contribution < 1.29 is 0 Å². The van der Waals surface area contributed by atoms with Gasteiger partial charge in [-0.15, -0.1) is 0 Å². The maximum Gasteiger partial charge on any atom is 0.0273 e. The number of aliphatic imine (C=N–C) groups is 1. The van der Waals surface area contributed by atoms with Gasteiger partial charge < -0.3 is 10.7 Å². The molecule has 0 heterocycles. The van der Waals surface area contributed by atoms with Crippen molar-refractivity contribution in [2.24, 2.45) is 10.7 Å². The molecule has 2 N–H and O–H groups in total. The second-order valence-electron chi connectivity index (χ2n) is 1.77. The van der Waals surface area contributed by atoms with Crippen molar-refractivity contribution in [3.05, 3.63) is 24.4 Å². The second kappa shape index (κ2) is 3.89. The summed E-state index contributed by atoms with van der Waals surface area (Å²) in [6, 6.07) is 0. The van der Waals surface area contributed by atoms with Gasteiger partial charge in [-0.2, -0.15) is 0 Å². The topological polar surface area (TPSA) is 38.4 Å². The van der Waals surface area contributed by atoms with Gasteiger partial charge in [0.1, 0.15) is 0 Å². The number of allylic oxidation sites excluding steroid dienone is 1. The van der Waals surface area contributed by atoms with Crippen LogP contribution in [0, 0.1) is 0 Å². The highest BCUT2D eigenvalue weighted by Crippen LogP contribution is 2.00. The lowest BCUT2D eigenvalue weighted by Gasteiger charge is -1.97. The molecule has 0 aliphatic carbocycles. The third-order valence-electron chi connectivity index (χ3n) is 0.974. The average molecular weight is 124 g/mol. The average Bonchev–Trinajstić information content (AvgIpc) is 1.82. The maximum absolute atomic E-state index is 5.32. The van der Waals surface area contributed by atoms with Gasteiger partial charge in [-0.25, -0.2) is 0 Å². The highest BCUT2D eigenvalue weighted by Gasteiger charge is 1.89. The van der Waals surface area contributed by atoms with E-state index in [-0.39, 0.29) is 0 Å². The van der Waals surface area contributed by atoms with Gasteiger partial charge in [0.15, 0.2) is 0 Å². The van der Waals surface area contributed by atoms with E-state index >= 15 is 0 Å². The summed E-state index contributed by atoms with van der Waals surface area (Å²) < 4.78 is 0. The number of nitrogens with zero attached hydrogens (tertiary/aromatic N) is 1. The zero-order chi connectivity index (χ0) is 7.28. The van der Waals surface area contributed by atoms with Gasteiger partial charge in [-0.05, 0) is 5.57 Å². The lowest BCUT2D eigenvalue weighted by molar-refractivity contribution is 1.25. The van der Waals surface area contributed by atoms with Gasteiger partial charge in [0.05, 0.1) is 0 Å². The highest BCUT2D eigenvalue weighted by atomic mass is 14.6. The first kappa shape index (κ1) is 7.95. The van der Waals surface area contributed by atoms with Crippen LogP contribution in [-0.2, 0) is 0 Å². The highest BCUT2D eigenvalue weighted by molar-refractivity contribution is 5.62. The molecule has 0 unspecified atom stereocenters. The van der Waals surface area contributed by atoms with Crippen LogP contribution in [0.15, 0.2) is 29.4 Å². The minimum atomic E-state index is 0.537. The monoisotopic (exact) mass is 124 g/mol. The van der Waals surface area contributed by atoms with Gasteiger partial charge in [0.2, 0.25) is 0 Å². The van der Waals surface area contributed by atoms with Crippen LogP contribution in [0.1, 0.15) is 6.42 Å². The lowest BCUT2D eigenvalue weighted by atomic mass is 10.2. The number of rotatable bonds is 3. The number of hydrogen-bond acceptors (Lipinski definition) is 2. The molecule has 0 saturated heterocycles. The van der Waals surface area contributed by atoms with E-state index < -0.39 is 0 Å². The second-order valence-corrected chi connectivity index (χ2v) is 1.77. The Labute approximate surface area is 55.8 Å². The molecule has 0 atom stereocenters. The molecule has 0 bridgehead atoms. The van der Waals surface area contributed by atoms with E-state index in [0.29, 0.717) is 12.1 Å². The van der Waals surface area contributed by atoms with Crippen LogP contribution in [0.2, 0.25) is 0 Å². The summed E-state index contributed by atoms with van der Waals surface area (Å²) >= 11 is 0. The van der Waals surface area contributed by atoms with Gasteiger partial charge >= 0.3 is 0 Å². The third-order valence-corrected chi connectivity index (χ3v) is 0.974. The summed E-state index contributed by atoms with van der Waals surface area (Å²) in [5, 5.41) is 0. The van der Waals surface area contributed by atoms with Gasteiger partial charge in [0, 0.05) is 25.4 Å². The first-order valence-corrected chi connectivity index (χ1v) is 2.71. The Morgan fingerprint density at radius 1 is 1.67 bits per heavy atom. The molecule has 2 heteroatoms. The molecule has 50 valence electrons. The molecule has 0 aromatic carbocycles. The largest absolute Gasteiger partial charge is 0.399 e. The minimum Gasteiger partial charge on any atom is -0.399 e. The maximum atomic E-state index is 5.32. The van der Waals surface area contributed by atoms with E-state index in [1.165, 1.54) is 0 Å². The Balaban J connectivity index is 3.65. The molecule has 0 rings (SSSR count). The molecule has 9 heavy (non-hydrogen) atoms. The van der Waals surface area contributed by atoms with Gasteiger partial charge in [-0.1, -0.05) is 13.2 Å². The molecular formula is C7H12N2. The van der Waals surface area contributed by atoms with Crippen LogP contribution in [0.5, 0.6) is 0 Å². The van der Waals surface area contributed by atoms with Crippen molar-refractivity contribution in [2.75, 3.05) is 7.05 Å². The molecule has 0 radical (unpaired) electrons. The molecule has 0 aromatic heterocycles. The van der Waals surface area contributed by atoms with Crippen molar-refractivity contribution in [2.45, 2.75) is 6.42 Å². The summed E-state index contributed by atoms with van der Waals surface area (Å²) in [4.78, 5) is 3.78. The predicted molar refractivity (Wildman–Crippen MR) is 41.5 cm³/mol. The molecular weight excluding hydrogens is 112 g/mol. The first-order chi connectivity index (χ1) is 4.18. The Morgan fingerprint density at radius 3 is 2.56 bits per heavy atom. The zero-order valence-electron chi connectivity index (χ0n) is 5.72. The molecule has 0 spiro atoms. The normalized spacial score (nSPS) is 9.89. The minimum absolute atomic E-state index is 0.537. The zero-order valence-corrected chi connectivity index (χ0v) is 5.72. The van der Waals surface area contributed by atoms with Gasteiger partial charge in [-0.3, -0.25) is 0 Å². The lowest BCUT2D eigenvalue weighted by Crippen LogP contribution is -1.97. The summed E-state index contributed by atoms with van der Waals surface area (Å²) in [5.41, 5.74) is 6.69. The molecule has 0 aromatic rings. The standard InChI is InChI=1S/C7H12N2/c1-6(7(2)8)4-5-9-3/h5H,1-2,4,8H2,3H3. The van der Waals surface area contributed by atoms with Crippen molar-refractivity contribution in [3.8, 4) is 0 Å². The molecule has 0 saturated carbocycles. The summed E-state index contributed by atoms with van der Waals surface area (Å²) in [7, 11) is 1.71. The molecule has 0 aliphatic rings. The fourth-order valence-corrected chi connectivity index (χ4v) is 0.333. The Morgan fingerprint density at radius 2 is 2.22 bits per heavy atom. The van der Waals surface area contributed by atoms with Crippen LogP contribution in [0.3, 0.4) is 0 Å². The molecule has 2 nitrogen and oxygen atoms in total. The van der Waals surface area contributed by atoms with Crippen molar-refractivity contribution in [1.82, 2.24) is 0 Å². The third kappa shape index (κ3) is 3.53. The van der Waals surface area contributed by atoms with E-state index in [1.54, 1.807) is 13.3 Å². The Bertz CT molecular complexity index is 145. The Kier molecular flexibility index (Phi) is 3.44. The quantitative estimate of drug-likeness (QED) is 0.444. The number of hydrogen-bond donors (Lipinski definition) is 1. The van der Waals surface area contributed by atoms with E-state index in [1.807, 2.05) is 0 Å². The summed E-state index contributed by atoms with van der Waals surface area (Å²) in [5.74, 6) is 0. The SMILES string of the molecule is C=C(N)C(=C)CC=NC. The van der Waals surface area contributed by atoms with E-state index in [2.05, 4.69) is 18.2 Å². The summed E-state index contributed by atoms with van der Waals surface area (Å²) in [6.07, 6.45) is 2.45. The Hall–Kier alpha value is -1.05. The number of nitrogens with two attached hydrogens (primary N) is 1.